The van der Waals surface area contributed by atoms with Gasteiger partial charge in [0.15, 0.2) is 5.16 Å². The SMILES string of the molecule is Cc1ccccc1-n1c(S[C@@H]2CCOC2)nnc1N1CCOCC1. The summed E-state index contributed by atoms with van der Waals surface area (Å²) < 4.78 is 13.2. The van der Waals surface area contributed by atoms with Crippen molar-refractivity contribution in [1.82, 2.24) is 14.8 Å². The van der Waals surface area contributed by atoms with E-state index in [0.29, 0.717) is 5.25 Å². The lowest BCUT2D eigenvalue weighted by molar-refractivity contribution is 0.122. The van der Waals surface area contributed by atoms with Gasteiger partial charge in [0.25, 0.3) is 0 Å². The minimum atomic E-state index is 0.453. The molecule has 1 aromatic heterocycles. The van der Waals surface area contributed by atoms with Crippen LogP contribution in [0.5, 0.6) is 0 Å². The largest absolute Gasteiger partial charge is 0.380 e. The molecule has 0 unspecified atom stereocenters. The number of benzene rings is 1. The molecule has 0 radical (unpaired) electrons. The van der Waals surface area contributed by atoms with E-state index in [2.05, 4.69) is 50.9 Å². The highest BCUT2D eigenvalue weighted by atomic mass is 32.2. The second kappa shape index (κ2) is 7.13. The van der Waals surface area contributed by atoms with Gasteiger partial charge >= 0.3 is 0 Å². The van der Waals surface area contributed by atoms with Crippen molar-refractivity contribution >= 4 is 17.7 Å². The summed E-state index contributed by atoms with van der Waals surface area (Å²) in [7, 11) is 0. The Morgan fingerprint density at radius 2 is 1.92 bits per heavy atom. The normalized spacial score (nSPS) is 21.4. The summed E-state index contributed by atoms with van der Waals surface area (Å²) in [5.74, 6) is 0.911. The van der Waals surface area contributed by atoms with Gasteiger partial charge in [0, 0.05) is 24.9 Å². The number of thioether (sulfide) groups is 1. The third-order valence-electron chi connectivity index (χ3n) is 4.43. The Kier molecular flexibility index (Phi) is 4.73. The predicted molar refractivity (Wildman–Crippen MR) is 94.2 cm³/mol. The summed E-state index contributed by atoms with van der Waals surface area (Å²) in [6.45, 7) is 6.93. The second-order valence-corrected chi connectivity index (χ2v) is 7.37. The van der Waals surface area contributed by atoms with Crippen molar-refractivity contribution in [3.63, 3.8) is 0 Å². The maximum atomic E-state index is 5.52. The van der Waals surface area contributed by atoms with Crippen LogP contribution < -0.4 is 4.90 Å². The average molecular weight is 346 g/mol. The van der Waals surface area contributed by atoms with Crippen molar-refractivity contribution in [2.45, 2.75) is 23.8 Å². The molecule has 0 amide bonds. The monoisotopic (exact) mass is 346 g/mol. The quantitative estimate of drug-likeness (QED) is 0.847. The van der Waals surface area contributed by atoms with Crippen molar-refractivity contribution in [3.8, 4) is 5.69 Å². The number of rotatable bonds is 4. The summed E-state index contributed by atoms with van der Waals surface area (Å²) in [5.41, 5.74) is 2.36. The van der Waals surface area contributed by atoms with Gasteiger partial charge < -0.3 is 14.4 Å². The number of hydrogen-bond donors (Lipinski definition) is 0. The highest BCUT2D eigenvalue weighted by molar-refractivity contribution is 7.99. The van der Waals surface area contributed by atoms with Gasteiger partial charge in [-0.25, -0.2) is 0 Å². The maximum absolute atomic E-state index is 5.52. The third kappa shape index (κ3) is 3.16. The molecule has 3 heterocycles. The van der Waals surface area contributed by atoms with Gasteiger partial charge in [-0.05, 0) is 25.0 Å². The van der Waals surface area contributed by atoms with E-state index in [0.717, 1.165) is 62.7 Å². The first kappa shape index (κ1) is 15.9. The fourth-order valence-electron chi connectivity index (χ4n) is 3.09. The van der Waals surface area contributed by atoms with Crippen molar-refractivity contribution in [2.24, 2.45) is 0 Å². The molecule has 0 saturated carbocycles. The molecule has 128 valence electrons. The predicted octanol–water partition coefficient (Wildman–Crippen LogP) is 2.29. The van der Waals surface area contributed by atoms with Crippen molar-refractivity contribution < 1.29 is 9.47 Å². The number of aromatic nitrogens is 3. The van der Waals surface area contributed by atoms with E-state index in [1.807, 2.05) is 0 Å². The van der Waals surface area contributed by atoms with Crippen LogP contribution in [0, 0.1) is 6.92 Å². The molecule has 2 aliphatic rings. The van der Waals surface area contributed by atoms with Crippen LogP contribution >= 0.6 is 11.8 Å². The van der Waals surface area contributed by atoms with E-state index in [1.54, 1.807) is 11.8 Å². The van der Waals surface area contributed by atoms with E-state index in [9.17, 15) is 0 Å². The van der Waals surface area contributed by atoms with Gasteiger partial charge in [0.05, 0.1) is 25.5 Å². The zero-order valence-electron chi connectivity index (χ0n) is 13.9. The Hall–Kier alpha value is -1.57. The zero-order valence-corrected chi connectivity index (χ0v) is 14.7. The Morgan fingerprint density at radius 1 is 1.08 bits per heavy atom. The average Bonchev–Trinajstić information content (AvgIpc) is 3.27. The minimum Gasteiger partial charge on any atom is -0.380 e. The molecule has 1 atom stereocenters. The summed E-state index contributed by atoms with van der Waals surface area (Å²) in [5, 5.41) is 10.4. The molecule has 2 aromatic rings. The summed E-state index contributed by atoms with van der Waals surface area (Å²) >= 11 is 1.77. The maximum Gasteiger partial charge on any atom is 0.232 e. The van der Waals surface area contributed by atoms with Gasteiger partial charge in [0.2, 0.25) is 5.95 Å². The summed E-state index contributed by atoms with van der Waals surface area (Å²) in [6.07, 6.45) is 1.07. The fraction of sp³-hybridized carbons (Fsp3) is 0.529. The summed E-state index contributed by atoms with van der Waals surface area (Å²) in [4.78, 5) is 2.26. The van der Waals surface area contributed by atoms with Crippen molar-refractivity contribution in [1.29, 1.82) is 0 Å². The molecule has 7 heteroatoms. The van der Waals surface area contributed by atoms with E-state index >= 15 is 0 Å². The smallest absolute Gasteiger partial charge is 0.232 e. The van der Waals surface area contributed by atoms with Crippen LogP contribution in [0.25, 0.3) is 5.69 Å². The van der Waals surface area contributed by atoms with Crippen LogP contribution in [-0.4, -0.2) is 59.5 Å². The number of para-hydroxylation sites is 1. The number of hydrogen-bond acceptors (Lipinski definition) is 6. The Bertz CT molecular complexity index is 694. The van der Waals surface area contributed by atoms with Gasteiger partial charge in [-0.3, -0.25) is 4.57 Å². The summed E-state index contributed by atoms with van der Waals surface area (Å²) in [6, 6.07) is 8.40. The standard InChI is InChI=1S/C17H22N4O2S/c1-13-4-2-3-5-15(13)21-16(20-7-10-22-11-8-20)18-19-17(21)24-14-6-9-23-12-14/h2-5,14H,6-12H2,1H3/t14-/m1/s1. The molecule has 2 fully saturated rings. The lowest BCUT2D eigenvalue weighted by Gasteiger charge is -2.28. The second-order valence-electron chi connectivity index (χ2n) is 6.11. The molecule has 1 aromatic carbocycles. The van der Waals surface area contributed by atoms with E-state index in [-0.39, 0.29) is 0 Å². The first-order valence-corrected chi connectivity index (χ1v) is 9.29. The highest BCUT2D eigenvalue weighted by Crippen LogP contribution is 2.33. The lowest BCUT2D eigenvalue weighted by Crippen LogP contribution is -2.38. The number of anilines is 1. The number of morpholine rings is 1. The van der Waals surface area contributed by atoms with Gasteiger partial charge in [0.1, 0.15) is 0 Å². The molecule has 24 heavy (non-hydrogen) atoms. The number of nitrogens with zero attached hydrogens (tertiary/aromatic N) is 4. The molecule has 6 nitrogen and oxygen atoms in total. The highest BCUT2D eigenvalue weighted by Gasteiger charge is 2.26. The number of aryl methyl sites for hydroxylation is 1. The lowest BCUT2D eigenvalue weighted by atomic mass is 10.2. The van der Waals surface area contributed by atoms with Crippen molar-refractivity contribution in [2.75, 3.05) is 44.4 Å². The van der Waals surface area contributed by atoms with Crippen molar-refractivity contribution in [3.05, 3.63) is 29.8 Å². The van der Waals surface area contributed by atoms with Gasteiger partial charge in [-0.2, -0.15) is 0 Å². The molecule has 4 rings (SSSR count). The Labute approximate surface area is 146 Å². The van der Waals surface area contributed by atoms with E-state index in [4.69, 9.17) is 9.47 Å². The van der Waals surface area contributed by atoms with Crippen LogP contribution in [0.2, 0.25) is 0 Å². The minimum absolute atomic E-state index is 0.453. The molecule has 2 saturated heterocycles. The zero-order chi connectivity index (χ0) is 16.4. The molecular weight excluding hydrogens is 324 g/mol. The molecular formula is C17H22N4O2S. The molecule has 0 bridgehead atoms. The van der Waals surface area contributed by atoms with E-state index < -0.39 is 0 Å². The first-order valence-electron chi connectivity index (χ1n) is 8.41. The number of ether oxygens (including phenoxy) is 2. The topological polar surface area (TPSA) is 52.4 Å². The molecule has 0 spiro atoms. The molecule has 2 aliphatic heterocycles. The third-order valence-corrected chi connectivity index (χ3v) is 5.61. The Morgan fingerprint density at radius 3 is 2.67 bits per heavy atom. The molecule has 0 N–H and O–H groups in total. The van der Waals surface area contributed by atoms with Gasteiger partial charge in [-0.1, -0.05) is 30.0 Å². The van der Waals surface area contributed by atoms with Gasteiger partial charge in [-0.15, -0.1) is 10.2 Å². The Balaban J connectivity index is 1.73. The van der Waals surface area contributed by atoms with Crippen LogP contribution in [-0.2, 0) is 9.47 Å². The van der Waals surface area contributed by atoms with Crippen LogP contribution in [0.15, 0.2) is 29.4 Å². The van der Waals surface area contributed by atoms with Crippen LogP contribution in [0.4, 0.5) is 5.95 Å². The van der Waals surface area contributed by atoms with Crippen LogP contribution in [0.3, 0.4) is 0 Å². The molecule has 0 aliphatic carbocycles. The van der Waals surface area contributed by atoms with E-state index in [1.165, 1.54) is 5.56 Å². The first-order chi connectivity index (χ1) is 11.8. The van der Waals surface area contributed by atoms with Crippen LogP contribution in [0.1, 0.15) is 12.0 Å². The fourth-order valence-corrected chi connectivity index (χ4v) is 4.14.